The summed E-state index contributed by atoms with van der Waals surface area (Å²) in [6.45, 7) is 1.91. The van der Waals surface area contributed by atoms with E-state index < -0.39 is 10.8 Å². The Hall–Kier alpha value is -4.33. The molecule has 0 aliphatic rings. The van der Waals surface area contributed by atoms with Gasteiger partial charge in [-0.3, -0.25) is 19.7 Å². The van der Waals surface area contributed by atoms with Gasteiger partial charge in [-0.2, -0.15) is 5.10 Å². The number of nitro benzene ring substituents is 1. The molecule has 0 saturated heterocycles. The van der Waals surface area contributed by atoms with E-state index in [0.29, 0.717) is 22.4 Å². The third kappa shape index (κ3) is 5.35. The second-order valence-corrected chi connectivity index (χ2v) is 6.45. The molecular formula is C22H18N4O4. The molecular weight excluding hydrogens is 384 g/mol. The summed E-state index contributed by atoms with van der Waals surface area (Å²) >= 11 is 0. The molecule has 0 heterocycles. The third-order valence-corrected chi connectivity index (χ3v) is 4.15. The first kappa shape index (κ1) is 20.4. The molecule has 0 atom stereocenters. The Labute approximate surface area is 172 Å². The predicted molar refractivity (Wildman–Crippen MR) is 114 cm³/mol. The van der Waals surface area contributed by atoms with E-state index in [1.165, 1.54) is 24.4 Å². The number of nitrogens with zero attached hydrogens (tertiary/aromatic N) is 2. The minimum Gasteiger partial charge on any atom is -0.322 e. The Balaban J connectivity index is 1.59. The van der Waals surface area contributed by atoms with Crippen LogP contribution in [0, 0.1) is 17.0 Å². The number of hydrazone groups is 1. The molecule has 0 aliphatic heterocycles. The van der Waals surface area contributed by atoms with Gasteiger partial charge in [0, 0.05) is 34.5 Å². The summed E-state index contributed by atoms with van der Waals surface area (Å²) in [5.41, 5.74) is 5.22. The van der Waals surface area contributed by atoms with Crippen molar-refractivity contribution < 1.29 is 14.5 Å². The van der Waals surface area contributed by atoms with Gasteiger partial charge in [-0.25, -0.2) is 5.43 Å². The second kappa shape index (κ2) is 9.24. The van der Waals surface area contributed by atoms with Crippen molar-refractivity contribution in [3.63, 3.8) is 0 Å². The highest BCUT2D eigenvalue weighted by Crippen LogP contribution is 2.13. The lowest BCUT2D eigenvalue weighted by Crippen LogP contribution is -2.18. The van der Waals surface area contributed by atoms with Crippen molar-refractivity contribution in [1.29, 1.82) is 0 Å². The van der Waals surface area contributed by atoms with Crippen LogP contribution in [0.25, 0.3) is 0 Å². The van der Waals surface area contributed by atoms with Crippen LogP contribution in [-0.4, -0.2) is 23.0 Å². The first-order valence-electron chi connectivity index (χ1n) is 8.98. The first-order chi connectivity index (χ1) is 14.4. The summed E-state index contributed by atoms with van der Waals surface area (Å²) in [5, 5.41) is 17.4. The molecule has 0 radical (unpaired) electrons. The predicted octanol–water partition coefficient (Wildman–Crippen LogP) is 3.92. The molecule has 0 unspecified atom stereocenters. The van der Waals surface area contributed by atoms with E-state index in [1.807, 2.05) is 19.1 Å². The van der Waals surface area contributed by atoms with Crippen molar-refractivity contribution in [2.24, 2.45) is 5.10 Å². The number of nitrogens with one attached hydrogen (secondary N) is 2. The van der Waals surface area contributed by atoms with Crippen LogP contribution in [0.1, 0.15) is 31.8 Å². The Kier molecular flexibility index (Phi) is 6.29. The highest BCUT2D eigenvalue weighted by molar-refractivity contribution is 6.04. The zero-order valence-electron chi connectivity index (χ0n) is 16.0. The average molecular weight is 402 g/mol. The van der Waals surface area contributed by atoms with Gasteiger partial charge in [0.15, 0.2) is 0 Å². The SMILES string of the molecule is Cc1cccc(C(=O)Nc2ccc(C(=O)NN=Cc3cccc([N+](=O)[O-])c3)cc2)c1. The Morgan fingerprint density at radius 1 is 0.933 bits per heavy atom. The van der Waals surface area contributed by atoms with E-state index in [0.717, 1.165) is 5.56 Å². The summed E-state index contributed by atoms with van der Waals surface area (Å²) < 4.78 is 0. The van der Waals surface area contributed by atoms with Crippen molar-refractivity contribution in [3.05, 3.63) is 105 Å². The highest BCUT2D eigenvalue weighted by atomic mass is 16.6. The Morgan fingerprint density at radius 2 is 1.67 bits per heavy atom. The minimum absolute atomic E-state index is 0.0615. The van der Waals surface area contributed by atoms with E-state index in [9.17, 15) is 19.7 Å². The third-order valence-electron chi connectivity index (χ3n) is 4.15. The maximum Gasteiger partial charge on any atom is 0.271 e. The van der Waals surface area contributed by atoms with Crippen molar-refractivity contribution >= 4 is 29.4 Å². The van der Waals surface area contributed by atoms with Crippen molar-refractivity contribution in [1.82, 2.24) is 5.43 Å². The van der Waals surface area contributed by atoms with Gasteiger partial charge < -0.3 is 5.32 Å². The van der Waals surface area contributed by atoms with Crippen molar-refractivity contribution in [3.8, 4) is 0 Å². The first-order valence-corrected chi connectivity index (χ1v) is 8.98. The van der Waals surface area contributed by atoms with Gasteiger partial charge in [0.25, 0.3) is 17.5 Å². The molecule has 150 valence electrons. The number of carbonyl (C=O) groups is 2. The number of carbonyl (C=O) groups excluding carboxylic acids is 2. The number of amides is 2. The van der Waals surface area contributed by atoms with Gasteiger partial charge in [-0.1, -0.05) is 29.8 Å². The van der Waals surface area contributed by atoms with Crippen LogP contribution in [-0.2, 0) is 0 Å². The standard InChI is InChI=1S/C22H18N4O4/c1-15-4-2-6-18(12-15)21(27)24-19-10-8-17(9-11-19)22(28)25-23-14-16-5-3-7-20(13-16)26(29)30/h2-14H,1H3,(H,24,27)(H,25,28). The molecule has 0 bridgehead atoms. The lowest BCUT2D eigenvalue weighted by Gasteiger charge is -2.07. The second-order valence-electron chi connectivity index (χ2n) is 6.45. The maximum atomic E-state index is 12.3. The van der Waals surface area contributed by atoms with Crippen LogP contribution in [0.5, 0.6) is 0 Å². The number of nitro groups is 1. The number of hydrogen-bond donors (Lipinski definition) is 2. The topological polar surface area (TPSA) is 114 Å². The largest absolute Gasteiger partial charge is 0.322 e. The summed E-state index contributed by atoms with van der Waals surface area (Å²) in [6.07, 6.45) is 1.32. The van der Waals surface area contributed by atoms with E-state index >= 15 is 0 Å². The molecule has 0 fully saturated rings. The zero-order valence-corrected chi connectivity index (χ0v) is 16.0. The fourth-order valence-corrected chi connectivity index (χ4v) is 2.64. The number of non-ortho nitro benzene ring substituents is 1. The smallest absolute Gasteiger partial charge is 0.271 e. The minimum atomic E-state index is -0.505. The maximum absolute atomic E-state index is 12.3. The molecule has 3 aromatic carbocycles. The van der Waals surface area contributed by atoms with E-state index in [-0.39, 0.29) is 11.6 Å². The van der Waals surface area contributed by atoms with Gasteiger partial charge >= 0.3 is 0 Å². The number of hydrogen-bond acceptors (Lipinski definition) is 5. The Bertz CT molecular complexity index is 1120. The molecule has 0 aromatic heterocycles. The number of rotatable bonds is 6. The summed E-state index contributed by atoms with van der Waals surface area (Å²) in [7, 11) is 0. The van der Waals surface area contributed by atoms with Crippen LogP contribution in [0.2, 0.25) is 0 Å². The summed E-state index contributed by atoms with van der Waals surface area (Å²) in [5.74, 6) is -0.689. The van der Waals surface area contributed by atoms with Crippen LogP contribution >= 0.6 is 0 Å². The lowest BCUT2D eigenvalue weighted by atomic mass is 10.1. The van der Waals surface area contributed by atoms with Crippen LogP contribution < -0.4 is 10.7 Å². The van der Waals surface area contributed by atoms with Crippen LogP contribution in [0.3, 0.4) is 0 Å². The molecule has 8 nitrogen and oxygen atoms in total. The van der Waals surface area contributed by atoms with Gasteiger partial charge in [-0.05, 0) is 43.3 Å². The molecule has 0 aliphatic carbocycles. The summed E-state index contributed by atoms with van der Waals surface area (Å²) in [4.78, 5) is 34.7. The molecule has 2 amide bonds. The lowest BCUT2D eigenvalue weighted by molar-refractivity contribution is -0.384. The van der Waals surface area contributed by atoms with Gasteiger partial charge in [0.1, 0.15) is 0 Å². The van der Waals surface area contributed by atoms with Gasteiger partial charge in [0.2, 0.25) is 0 Å². The molecule has 3 rings (SSSR count). The molecule has 30 heavy (non-hydrogen) atoms. The van der Waals surface area contributed by atoms with Crippen molar-refractivity contribution in [2.75, 3.05) is 5.32 Å². The quantitative estimate of drug-likeness (QED) is 0.369. The van der Waals surface area contributed by atoms with E-state index in [4.69, 9.17) is 0 Å². The van der Waals surface area contributed by atoms with Crippen LogP contribution in [0.4, 0.5) is 11.4 Å². The van der Waals surface area contributed by atoms with Gasteiger partial charge in [-0.15, -0.1) is 0 Å². The summed E-state index contributed by atoms with van der Waals surface area (Å²) in [6, 6.07) is 19.5. The monoisotopic (exact) mass is 402 g/mol. The number of aryl methyl sites for hydroxylation is 1. The van der Waals surface area contributed by atoms with Crippen molar-refractivity contribution in [2.45, 2.75) is 6.92 Å². The molecule has 0 saturated carbocycles. The van der Waals surface area contributed by atoms with Gasteiger partial charge in [0.05, 0.1) is 11.1 Å². The fourth-order valence-electron chi connectivity index (χ4n) is 2.64. The highest BCUT2D eigenvalue weighted by Gasteiger charge is 2.08. The molecule has 3 aromatic rings. The van der Waals surface area contributed by atoms with E-state index in [1.54, 1.807) is 42.5 Å². The molecule has 0 spiro atoms. The Morgan fingerprint density at radius 3 is 2.37 bits per heavy atom. The normalized spacial score (nSPS) is 10.6. The average Bonchev–Trinajstić information content (AvgIpc) is 2.74. The molecule has 2 N–H and O–H groups in total. The fraction of sp³-hybridized carbons (Fsp3) is 0.0455. The van der Waals surface area contributed by atoms with Crippen LogP contribution in [0.15, 0.2) is 77.9 Å². The van der Waals surface area contributed by atoms with E-state index in [2.05, 4.69) is 15.8 Å². The molecule has 8 heteroatoms. The zero-order chi connectivity index (χ0) is 21.5. The number of anilines is 1. The number of benzene rings is 3.